The zero-order chi connectivity index (χ0) is 17.9. The van der Waals surface area contributed by atoms with Gasteiger partial charge >= 0.3 is 0 Å². The topological polar surface area (TPSA) is 95.4 Å². The maximum Gasteiger partial charge on any atom is 0.199 e. The quantitative estimate of drug-likeness (QED) is 0.498. The lowest BCUT2D eigenvalue weighted by atomic mass is 10.2. The Morgan fingerprint density at radius 1 is 1.27 bits per heavy atom. The summed E-state index contributed by atoms with van der Waals surface area (Å²) < 4.78 is 12.7. The van der Waals surface area contributed by atoms with Crippen LogP contribution in [0, 0.1) is 0 Å². The summed E-state index contributed by atoms with van der Waals surface area (Å²) in [5.41, 5.74) is 0.651. The van der Waals surface area contributed by atoms with E-state index in [1.807, 2.05) is 16.7 Å². The minimum absolute atomic E-state index is 0.289. The van der Waals surface area contributed by atoms with Gasteiger partial charge < -0.3 is 4.42 Å². The van der Waals surface area contributed by atoms with Crippen LogP contribution in [0.5, 0.6) is 0 Å². The van der Waals surface area contributed by atoms with Gasteiger partial charge in [0.2, 0.25) is 0 Å². The molecule has 0 fully saturated rings. The van der Waals surface area contributed by atoms with E-state index in [4.69, 9.17) is 4.42 Å². The summed E-state index contributed by atoms with van der Waals surface area (Å²) in [6.07, 6.45) is 6.57. The first-order valence-electron chi connectivity index (χ1n) is 7.94. The molecule has 0 aromatic carbocycles. The van der Waals surface area contributed by atoms with E-state index in [1.54, 1.807) is 24.9 Å². The first kappa shape index (κ1) is 16.9. The molecule has 4 aromatic heterocycles. The zero-order valence-electron chi connectivity index (χ0n) is 14.1. The average molecular weight is 385 g/mol. The van der Waals surface area contributed by atoms with E-state index >= 15 is 0 Å². The van der Waals surface area contributed by atoms with Gasteiger partial charge in [0, 0.05) is 18.3 Å². The van der Waals surface area contributed by atoms with Crippen LogP contribution in [0.25, 0.3) is 11.5 Å². The maximum absolute atomic E-state index is 5.49. The van der Waals surface area contributed by atoms with Gasteiger partial charge in [0.25, 0.3) is 0 Å². The average Bonchev–Trinajstić information content (AvgIpc) is 3.39. The van der Waals surface area contributed by atoms with Crippen molar-refractivity contribution in [2.24, 2.45) is 0 Å². The third-order valence-corrected chi connectivity index (χ3v) is 5.27. The summed E-state index contributed by atoms with van der Waals surface area (Å²) in [4.78, 5) is 13.0. The Kier molecular flexibility index (Phi) is 4.76. The van der Waals surface area contributed by atoms with Crippen LogP contribution in [0.4, 0.5) is 0 Å². The summed E-state index contributed by atoms with van der Waals surface area (Å²) in [6.45, 7) is 4.63. The maximum atomic E-state index is 5.49. The van der Waals surface area contributed by atoms with Crippen LogP contribution in [0.2, 0.25) is 0 Å². The third-order valence-electron chi connectivity index (χ3n) is 3.52. The summed E-state index contributed by atoms with van der Waals surface area (Å²) in [5, 5.41) is 9.34. The minimum Gasteiger partial charge on any atom is -0.467 e. The molecule has 0 aliphatic rings. The zero-order valence-corrected chi connectivity index (χ0v) is 15.7. The second-order valence-corrected chi connectivity index (χ2v) is 7.70. The van der Waals surface area contributed by atoms with Crippen LogP contribution in [-0.4, -0.2) is 34.1 Å². The molecular weight excluding hydrogens is 370 g/mol. The van der Waals surface area contributed by atoms with Crippen molar-refractivity contribution in [2.45, 2.75) is 35.8 Å². The van der Waals surface area contributed by atoms with Crippen molar-refractivity contribution in [1.29, 1.82) is 0 Å². The molecule has 8 nitrogen and oxygen atoms in total. The highest BCUT2D eigenvalue weighted by molar-refractivity contribution is 8.00. The largest absolute Gasteiger partial charge is 0.467 e. The molecule has 0 saturated carbocycles. The van der Waals surface area contributed by atoms with Crippen LogP contribution in [-0.2, 0) is 6.54 Å². The van der Waals surface area contributed by atoms with E-state index in [-0.39, 0.29) is 5.92 Å². The van der Waals surface area contributed by atoms with Gasteiger partial charge in [-0.25, -0.2) is 9.97 Å². The molecule has 0 spiro atoms. The van der Waals surface area contributed by atoms with Gasteiger partial charge in [-0.2, -0.15) is 4.37 Å². The molecule has 132 valence electrons. The molecule has 0 bridgehead atoms. The van der Waals surface area contributed by atoms with E-state index < -0.39 is 0 Å². The van der Waals surface area contributed by atoms with E-state index in [9.17, 15) is 0 Å². The standard InChI is InChI=1S/C16H15N7OS2/c1-10(2)13-19-16(26-22-13)25-15-21-20-14(12-8-17-5-6-18-12)23(15)9-11-4-3-7-24-11/h3-8,10H,9H2,1-2H3. The molecule has 0 aliphatic carbocycles. The van der Waals surface area contributed by atoms with Gasteiger partial charge in [0.05, 0.1) is 19.0 Å². The van der Waals surface area contributed by atoms with Crippen LogP contribution < -0.4 is 0 Å². The lowest BCUT2D eigenvalue weighted by Gasteiger charge is -2.07. The molecule has 4 heterocycles. The monoisotopic (exact) mass is 385 g/mol. The van der Waals surface area contributed by atoms with Gasteiger partial charge in [0.1, 0.15) is 17.3 Å². The second-order valence-electron chi connectivity index (χ2n) is 5.74. The molecule has 0 saturated heterocycles. The molecule has 4 aromatic rings. The van der Waals surface area contributed by atoms with Crippen molar-refractivity contribution in [3.63, 3.8) is 0 Å². The van der Waals surface area contributed by atoms with Gasteiger partial charge in [-0.15, -0.1) is 10.2 Å². The number of hydrogen-bond donors (Lipinski definition) is 0. The molecule has 26 heavy (non-hydrogen) atoms. The predicted molar refractivity (Wildman–Crippen MR) is 97.0 cm³/mol. The smallest absolute Gasteiger partial charge is 0.199 e. The van der Waals surface area contributed by atoms with Crippen LogP contribution in [0.3, 0.4) is 0 Å². The Morgan fingerprint density at radius 3 is 2.88 bits per heavy atom. The van der Waals surface area contributed by atoms with Gasteiger partial charge in [-0.3, -0.25) is 9.55 Å². The number of furan rings is 1. The summed E-state index contributed by atoms with van der Waals surface area (Å²) in [6, 6.07) is 3.77. The fraction of sp³-hybridized carbons (Fsp3) is 0.250. The highest BCUT2D eigenvalue weighted by Gasteiger charge is 2.19. The third kappa shape index (κ3) is 3.51. The van der Waals surface area contributed by atoms with E-state index in [0.717, 1.165) is 15.9 Å². The Balaban J connectivity index is 1.70. The molecule has 4 rings (SSSR count). The summed E-state index contributed by atoms with van der Waals surface area (Å²) in [7, 11) is 0. The first-order valence-corrected chi connectivity index (χ1v) is 9.53. The molecule has 0 radical (unpaired) electrons. The van der Waals surface area contributed by atoms with Crippen LogP contribution in [0.15, 0.2) is 50.9 Å². The molecular formula is C16H15N7OS2. The first-order chi connectivity index (χ1) is 12.7. The van der Waals surface area contributed by atoms with Crippen molar-refractivity contribution in [3.05, 3.63) is 48.6 Å². The molecule has 10 heteroatoms. The number of aromatic nitrogens is 7. The fourth-order valence-corrected chi connectivity index (χ4v) is 3.92. The molecule has 0 aliphatic heterocycles. The Morgan fingerprint density at radius 2 is 2.19 bits per heavy atom. The van der Waals surface area contributed by atoms with Gasteiger partial charge in [-0.05, 0) is 35.4 Å². The lowest BCUT2D eigenvalue weighted by Crippen LogP contribution is -2.04. The van der Waals surface area contributed by atoms with Crippen molar-refractivity contribution in [2.75, 3.05) is 0 Å². The van der Waals surface area contributed by atoms with Crippen LogP contribution in [0.1, 0.15) is 31.4 Å². The van der Waals surface area contributed by atoms with Crippen molar-refractivity contribution in [1.82, 2.24) is 34.1 Å². The highest BCUT2D eigenvalue weighted by atomic mass is 32.2. The van der Waals surface area contributed by atoms with Crippen molar-refractivity contribution >= 4 is 23.3 Å². The molecule has 0 N–H and O–H groups in total. The van der Waals surface area contributed by atoms with E-state index in [1.165, 1.54) is 23.3 Å². The fourth-order valence-electron chi connectivity index (χ4n) is 2.24. The van der Waals surface area contributed by atoms with E-state index in [2.05, 4.69) is 43.4 Å². The SMILES string of the molecule is CC(C)c1nsc(Sc2nnc(-c3cnccn3)n2Cc2ccco2)n1. The number of rotatable bonds is 6. The molecule has 0 atom stereocenters. The molecule has 0 unspecified atom stereocenters. The summed E-state index contributed by atoms with van der Waals surface area (Å²) in [5.74, 6) is 2.56. The lowest BCUT2D eigenvalue weighted by molar-refractivity contribution is 0.485. The second kappa shape index (κ2) is 7.34. The van der Waals surface area contributed by atoms with Gasteiger partial charge in [0.15, 0.2) is 15.3 Å². The highest BCUT2D eigenvalue weighted by Crippen LogP contribution is 2.31. The van der Waals surface area contributed by atoms with Crippen molar-refractivity contribution in [3.8, 4) is 11.5 Å². The minimum atomic E-state index is 0.289. The Bertz CT molecular complexity index is 979. The summed E-state index contributed by atoms with van der Waals surface area (Å²) >= 11 is 2.80. The Labute approximate surface area is 157 Å². The number of hydrogen-bond acceptors (Lipinski definition) is 9. The Hall–Kier alpha value is -2.59. The van der Waals surface area contributed by atoms with E-state index in [0.29, 0.717) is 23.2 Å². The van der Waals surface area contributed by atoms with Crippen LogP contribution >= 0.6 is 23.3 Å². The number of nitrogens with zero attached hydrogens (tertiary/aromatic N) is 7. The van der Waals surface area contributed by atoms with Gasteiger partial charge in [-0.1, -0.05) is 13.8 Å². The predicted octanol–water partition coefficient (Wildman–Crippen LogP) is 3.50. The normalized spacial score (nSPS) is 11.3. The molecule has 0 amide bonds. The van der Waals surface area contributed by atoms with Crippen molar-refractivity contribution < 1.29 is 4.42 Å².